The van der Waals surface area contributed by atoms with E-state index in [1.165, 1.54) is 12.8 Å². The normalized spacial score (nSPS) is 21.1. The molecule has 4 heteroatoms. The van der Waals surface area contributed by atoms with Crippen LogP contribution in [0.5, 0.6) is 5.75 Å². The maximum Gasteiger partial charge on any atom is 0.137 e. The molecule has 0 radical (unpaired) electrons. The number of rotatable bonds is 5. The Kier molecular flexibility index (Phi) is 4.42. The summed E-state index contributed by atoms with van der Waals surface area (Å²) < 4.78 is 5.25. The van der Waals surface area contributed by atoms with Crippen molar-refractivity contribution in [3.63, 3.8) is 0 Å². The van der Waals surface area contributed by atoms with Crippen molar-refractivity contribution in [2.24, 2.45) is 5.73 Å². The van der Waals surface area contributed by atoms with Crippen LogP contribution in [0.3, 0.4) is 0 Å². The first kappa shape index (κ1) is 14.3. The Hall–Kier alpha value is -1.13. The smallest absolute Gasteiger partial charge is 0.137 e. The minimum atomic E-state index is -0.0433. The zero-order valence-corrected chi connectivity index (χ0v) is 12.2. The van der Waals surface area contributed by atoms with Gasteiger partial charge in [-0.3, -0.25) is 9.88 Å². The second-order valence-corrected chi connectivity index (χ2v) is 5.54. The third-order valence-electron chi connectivity index (χ3n) is 4.54. The third kappa shape index (κ3) is 2.74. The molecule has 2 N–H and O–H groups in total. The molecule has 106 valence electrons. The Morgan fingerprint density at radius 3 is 2.68 bits per heavy atom. The lowest BCUT2D eigenvalue weighted by atomic mass is 9.84. The Labute approximate surface area is 116 Å². The molecule has 19 heavy (non-hydrogen) atoms. The Morgan fingerprint density at radius 2 is 2.11 bits per heavy atom. The first-order valence-corrected chi connectivity index (χ1v) is 7.11. The molecule has 2 rings (SSSR count). The highest BCUT2D eigenvalue weighted by Crippen LogP contribution is 2.35. The molecule has 0 amide bonds. The highest BCUT2D eigenvalue weighted by Gasteiger charge is 2.38. The number of nitrogens with zero attached hydrogens (tertiary/aromatic N) is 2. The number of hydrogen-bond acceptors (Lipinski definition) is 4. The molecule has 0 saturated carbocycles. The van der Waals surface area contributed by atoms with Gasteiger partial charge in [0.15, 0.2) is 0 Å². The lowest BCUT2D eigenvalue weighted by molar-refractivity contribution is 0.0998. The molecule has 0 bridgehead atoms. The van der Waals surface area contributed by atoms with E-state index in [1.54, 1.807) is 13.3 Å². The van der Waals surface area contributed by atoms with Crippen molar-refractivity contribution >= 4 is 0 Å². The van der Waals surface area contributed by atoms with Gasteiger partial charge in [-0.1, -0.05) is 6.92 Å². The second-order valence-electron chi connectivity index (χ2n) is 5.54. The summed E-state index contributed by atoms with van der Waals surface area (Å²) in [6.07, 6.45) is 7.16. The maximum atomic E-state index is 6.55. The van der Waals surface area contributed by atoms with Gasteiger partial charge in [-0.15, -0.1) is 0 Å². The largest absolute Gasteiger partial charge is 0.495 e. The van der Waals surface area contributed by atoms with Gasteiger partial charge in [-0.25, -0.2) is 0 Å². The first-order valence-electron chi connectivity index (χ1n) is 7.11. The minimum absolute atomic E-state index is 0.00938. The van der Waals surface area contributed by atoms with E-state index in [4.69, 9.17) is 10.5 Å². The molecule has 1 aromatic heterocycles. The van der Waals surface area contributed by atoms with Crippen molar-refractivity contribution in [1.82, 2.24) is 9.88 Å². The molecule has 1 aliphatic rings. The summed E-state index contributed by atoms with van der Waals surface area (Å²) in [5.41, 5.74) is 7.59. The molecule has 2 heterocycles. The predicted molar refractivity (Wildman–Crippen MR) is 77.2 cm³/mol. The number of aromatic nitrogens is 1. The lowest BCUT2D eigenvalue weighted by Crippen LogP contribution is -2.51. The van der Waals surface area contributed by atoms with Gasteiger partial charge in [-0.05, 0) is 50.9 Å². The van der Waals surface area contributed by atoms with E-state index in [-0.39, 0.29) is 11.6 Å². The highest BCUT2D eigenvalue weighted by molar-refractivity contribution is 5.28. The molecule has 1 saturated heterocycles. The van der Waals surface area contributed by atoms with Crippen LogP contribution in [0.1, 0.15) is 44.7 Å². The molecule has 0 spiro atoms. The molecule has 2 atom stereocenters. The van der Waals surface area contributed by atoms with Gasteiger partial charge in [0.1, 0.15) is 5.75 Å². The number of hydrogen-bond donors (Lipinski definition) is 1. The van der Waals surface area contributed by atoms with Crippen molar-refractivity contribution in [1.29, 1.82) is 0 Å². The van der Waals surface area contributed by atoms with E-state index in [9.17, 15) is 0 Å². The quantitative estimate of drug-likeness (QED) is 0.886. The maximum absolute atomic E-state index is 6.55. The van der Waals surface area contributed by atoms with Crippen molar-refractivity contribution in [2.45, 2.75) is 44.7 Å². The predicted octanol–water partition coefficient (Wildman–Crippen LogP) is 2.35. The summed E-state index contributed by atoms with van der Waals surface area (Å²) in [6.45, 7) is 6.78. The third-order valence-corrected chi connectivity index (χ3v) is 4.54. The van der Waals surface area contributed by atoms with E-state index in [2.05, 4.69) is 23.7 Å². The van der Waals surface area contributed by atoms with Crippen LogP contribution in [0.15, 0.2) is 18.5 Å². The van der Waals surface area contributed by atoms with Crippen LogP contribution in [0, 0.1) is 0 Å². The van der Waals surface area contributed by atoms with Crippen molar-refractivity contribution in [3.8, 4) is 5.75 Å². The molecule has 1 fully saturated rings. The SMILES string of the molecule is CCC(C)(C(N)c1cncc(OC)c1)N1CCCC1. The molecule has 2 unspecified atom stereocenters. The van der Waals surface area contributed by atoms with E-state index < -0.39 is 0 Å². The molecular formula is C15H25N3O. The second kappa shape index (κ2) is 5.88. The Bertz CT molecular complexity index is 418. The van der Waals surface area contributed by atoms with Gasteiger partial charge < -0.3 is 10.5 Å². The fourth-order valence-corrected chi connectivity index (χ4v) is 2.94. The minimum Gasteiger partial charge on any atom is -0.495 e. The molecular weight excluding hydrogens is 238 g/mol. The molecule has 1 aromatic rings. The van der Waals surface area contributed by atoms with Gasteiger partial charge >= 0.3 is 0 Å². The standard InChI is InChI=1S/C15H25N3O/c1-4-15(2,18-7-5-6-8-18)14(16)12-9-13(19-3)11-17-10-12/h9-11,14H,4-8,16H2,1-3H3. The highest BCUT2D eigenvalue weighted by atomic mass is 16.5. The number of methoxy groups -OCH3 is 1. The monoisotopic (exact) mass is 263 g/mol. The molecule has 0 aromatic carbocycles. The van der Waals surface area contributed by atoms with E-state index in [0.29, 0.717) is 0 Å². The molecule has 4 nitrogen and oxygen atoms in total. The topological polar surface area (TPSA) is 51.4 Å². The lowest BCUT2D eigenvalue weighted by Gasteiger charge is -2.43. The number of pyridine rings is 1. The average Bonchev–Trinajstić information content (AvgIpc) is 3.00. The van der Waals surface area contributed by atoms with E-state index >= 15 is 0 Å². The number of ether oxygens (including phenoxy) is 1. The molecule has 1 aliphatic heterocycles. The summed E-state index contributed by atoms with van der Waals surface area (Å²) in [7, 11) is 1.66. The fourth-order valence-electron chi connectivity index (χ4n) is 2.94. The zero-order chi connectivity index (χ0) is 13.9. The first-order chi connectivity index (χ1) is 9.11. The summed E-state index contributed by atoms with van der Waals surface area (Å²) in [6, 6.07) is 1.96. The van der Waals surface area contributed by atoms with Crippen LogP contribution in [0.4, 0.5) is 0 Å². The number of likely N-dealkylation sites (tertiary alicyclic amines) is 1. The van der Waals surface area contributed by atoms with Crippen molar-refractivity contribution < 1.29 is 4.74 Å². The van der Waals surface area contributed by atoms with Gasteiger partial charge in [0.2, 0.25) is 0 Å². The van der Waals surface area contributed by atoms with Crippen LogP contribution in [0.25, 0.3) is 0 Å². The van der Waals surface area contributed by atoms with Crippen molar-refractivity contribution in [3.05, 3.63) is 24.0 Å². The van der Waals surface area contributed by atoms with Gasteiger partial charge in [0.05, 0.1) is 13.3 Å². The van der Waals surface area contributed by atoms with Crippen LogP contribution >= 0.6 is 0 Å². The van der Waals surface area contributed by atoms with Crippen LogP contribution < -0.4 is 10.5 Å². The van der Waals surface area contributed by atoms with Gasteiger partial charge in [-0.2, -0.15) is 0 Å². The van der Waals surface area contributed by atoms with Crippen LogP contribution in [-0.2, 0) is 0 Å². The number of nitrogens with two attached hydrogens (primary N) is 1. The summed E-state index contributed by atoms with van der Waals surface area (Å²) in [5, 5.41) is 0. The Morgan fingerprint density at radius 1 is 1.42 bits per heavy atom. The fraction of sp³-hybridized carbons (Fsp3) is 0.667. The molecule has 0 aliphatic carbocycles. The Balaban J connectivity index is 2.25. The van der Waals surface area contributed by atoms with E-state index in [0.717, 1.165) is 30.8 Å². The van der Waals surface area contributed by atoms with Crippen molar-refractivity contribution in [2.75, 3.05) is 20.2 Å². The van der Waals surface area contributed by atoms with Gasteiger partial charge in [0, 0.05) is 17.8 Å². The average molecular weight is 263 g/mol. The van der Waals surface area contributed by atoms with Crippen LogP contribution in [-0.4, -0.2) is 35.6 Å². The summed E-state index contributed by atoms with van der Waals surface area (Å²) in [5.74, 6) is 0.771. The zero-order valence-electron chi connectivity index (χ0n) is 12.2. The van der Waals surface area contributed by atoms with E-state index in [1.807, 2.05) is 12.3 Å². The summed E-state index contributed by atoms with van der Waals surface area (Å²) >= 11 is 0. The summed E-state index contributed by atoms with van der Waals surface area (Å²) in [4.78, 5) is 6.75. The van der Waals surface area contributed by atoms with Crippen LogP contribution in [0.2, 0.25) is 0 Å². The van der Waals surface area contributed by atoms with Gasteiger partial charge in [0.25, 0.3) is 0 Å².